The van der Waals surface area contributed by atoms with Crippen molar-refractivity contribution in [3.05, 3.63) is 56.7 Å². The molecule has 0 aliphatic heterocycles. The second-order valence-electron chi connectivity index (χ2n) is 5.13. The molecule has 0 aliphatic carbocycles. The molecule has 0 fully saturated rings. The molecule has 108 valence electrons. The highest BCUT2D eigenvalue weighted by molar-refractivity contribution is 7.16. The molecule has 1 nitrogen and oxygen atoms in total. The minimum Gasteiger partial charge on any atom is -0.314 e. The summed E-state index contributed by atoms with van der Waals surface area (Å²) in [5.74, 6) is 0. The Morgan fingerprint density at radius 1 is 1.20 bits per heavy atom. The average Bonchev–Trinajstić information content (AvgIpc) is 2.83. The molecule has 0 bridgehead atoms. The van der Waals surface area contributed by atoms with Gasteiger partial charge in [0.15, 0.2) is 0 Å². The van der Waals surface area contributed by atoms with Crippen LogP contribution in [0.25, 0.3) is 0 Å². The smallest absolute Gasteiger partial charge is 0.0931 e. The van der Waals surface area contributed by atoms with E-state index in [9.17, 15) is 0 Å². The van der Waals surface area contributed by atoms with Gasteiger partial charge in [-0.05, 0) is 56.0 Å². The fourth-order valence-corrected chi connectivity index (χ4v) is 3.66. The molecule has 0 spiro atoms. The molecule has 2 rings (SSSR count). The number of benzene rings is 1. The Balaban J connectivity index is 1.94. The SMILES string of the molecule is CCNC(CCc1ccccc1C)Cc1ccc(Cl)s1. The van der Waals surface area contributed by atoms with Crippen LogP contribution in [0.3, 0.4) is 0 Å². The van der Waals surface area contributed by atoms with E-state index in [2.05, 4.69) is 49.5 Å². The molecular formula is C17H22ClNS. The summed E-state index contributed by atoms with van der Waals surface area (Å²) in [7, 11) is 0. The lowest BCUT2D eigenvalue weighted by molar-refractivity contribution is 0.493. The van der Waals surface area contributed by atoms with Crippen LogP contribution in [0, 0.1) is 6.92 Å². The van der Waals surface area contributed by atoms with E-state index in [0.717, 1.165) is 30.1 Å². The first kappa shape index (κ1) is 15.6. The van der Waals surface area contributed by atoms with Crippen LogP contribution in [0.4, 0.5) is 0 Å². The summed E-state index contributed by atoms with van der Waals surface area (Å²) in [5.41, 5.74) is 2.85. The molecule has 1 aromatic heterocycles. The zero-order valence-electron chi connectivity index (χ0n) is 12.2. The number of likely N-dealkylation sites (N-methyl/N-ethyl adjacent to an activating group) is 1. The Labute approximate surface area is 131 Å². The Kier molecular flexibility index (Phi) is 6.08. The molecule has 0 saturated heterocycles. The lowest BCUT2D eigenvalue weighted by Crippen LogP contribution is -2.31. The molecule has 1 unspecified atom stereocenters. The van der Waals surface area contributed by atoms with Crippen LogP contribution in [-0.2, 0) is 12.8 Å². The number of hydrogen-bond donors (Lipinski definition) is 1. The van der Waals surface area contributed by atoms with Crippen LogP contribution in [0.1, 0.15) is 29.3 Å². The van der Waals surface area contributed by atoms with Crippen molar-refractivity contribution < 1.29 is 0 Å². The highest BCUT2D eigenvalue weighted by Crippen LogP contribution is 2.23. The van der Waals surface area contributed by atoms with Gasteiger partial charge < -0.3 is 5.32 Å². The van der Waals surface area contributed by atoms with Crippen molar-refractivity contribution >= 4 is 22.9 Å². The van der Waals surface area contributed by atoms with Crippen LogP contribution in [-0.4, -0.2) is 12.6 Å². The highest BCUT2D eigenvalue weighted by Gasteiger charge is 2.11. The lowest BCUT2D eigenvalue weighted by Gasteiger charge is -2.17. The summed E-state index contributed by atoms with van der Waals surface area (Å²) < 4.78 is 0.883. The number of thiophene rings is 1. The largest absolute Gasteiger partial charge is 0.314 e. The summed E-state index contributed by atoms with van der Waals surface area (Å²) in [6.45, 7) is 5.37. The number of halogens is 1. The summed E-state index contributed by atoms with van der Waals surface area (Å²) in [4.78, 5) is 1.37. The third-order valence-electron chi connectivity index (χ3n) is 3.59. The summed E-state index contributed by atoms with van der Waals surface area (Å²) in [6, 6.07) is 13.3. The van der Waals surface area contributed by atoms with E-state index in [4.69, 9.17) is 11.6 Å². The lowest BCUT2D eigenvalue weighted by atomic mass is 9.99. The van der Waals surface area contributed by atoms with Crippen LogP contribution >= 0.6 is 22.9 Å². The van der Waals surface area contributed by atoms with Crippen molar-refractivity contribution in [3.8, 4) is 0 Å². The van der Waals surface area contributed by atoms with Crippen molar-refractivity contribution in [2.75, 3.05) is 6.54 Å². The Hall–Kier alpha value is -0.830. The van der Waals surface area contributed by atoms with Gasteiger partial charge in [0.25, 0.3) is 0 Å². The van der Waals surface area contributed by atoms with Crippen molar-refractivity contribution in [1.82, 2.24) is 5.32 Å². The van der Waals surface area contributed by atoms with E-state index in [0.29, 0.717) is 6.04 Å². The zero-order chi connectivity index (χ0) is 14.4. The number of aryl methyl sites for hydroxylation is 2. The van der Waals surface area contributed by atoms with Gasteiger partial charge in [0.2, 0.25) is 0 Å². The topological polar surface area (TPSA) is 12.0 Å². The van der Waals surface area contributed by atoms with E-state index in [1.807, 2.05) is 6.07 Å². The molecule has 3 heteroatoms. The Morgan fingerprint density at radius 3 is 2.65 bits per heavy atom. The van der Waals surface area contributed by atoms with Crippen molar-refractivity contribution in [3.63, 3.8) is 0 Å². The maximum Gasteiger partial charge on any atom is 0.0931 e. The first-order chi connectivity index (χ1) is 9.69. The minimum absolute atomic E-state index is 0.523. The first-order valence-electron chi connectivity index (χ1n) is 7.21. The summed E-state index contributed by atoms with van der Waals surface area (Å²) >= 11 is 7.70. The van der Waals surface area contributed by atoms with E-state index < -0.39 is 0 Å². The monoisotopic (exact) mass is 307 g/mol. The predicted octanol–water partition coefficient (Wildman–Crippen LogP) is 4.86. The van der Waals surface area contributed by atoms with Crippen molar-refractivity contribution in [1.29, 1.82) is 0 Å². The molecule has 0 aliphatic rings. The maximum absolute atomic E-state index is 6.01. The van der Waals surface area contributed by atoms with Gasteiger partial charge >= 0.3 is 0 Å². The van der Waals surface area contributed by atoms with Gasteiger partial charge in [-0.1, -0.05) is 42.8 Å². The third kappa shape index (κ3) is 4.62. The molecule has 1 N–H and O–H groups in total. The van der Waals surface area contributed by atoms with Crippen LogP contribution in [0.5, 0.6) is 0 Å². The quantitative estimate of drug-likeness (QED) is 0.770. The standard InChI is InChI=1S/C17H22ClNS/c1-3-19-15(12-16-10-11-17(18)20-16)9-8-14-7-5-4-6-13(14)2/h4-7,10-11,15,19H,3,8-9,12H2,1-2H3. The van der Waals surface area contributed by atoms with Crippen LogP contribution < -0.4 is 5.32 Å². The summed E-state index contributed by atoms with van der Waals surface area (Å²) in [6.07, 6.45) is 3.36. The van der Waals surface area contributed by atoms with Gasteiger partial charge in [0, 0.05) is 10.9 Å². The van der Waals surface area contributed by atoms with Gasteiger partial charge in [-0.2, -0.15) is 0 Å². The first-order valence-corrected chi connectivity index (χ1v) is 8.40. The van der Waals surface area contributed by atoms with E-state index in [1.54, 1.807) is 11.3 Å². The third-order valence-corrected chi connectivity index (χ3v) is 4.85. The molecule has 1 aromatic carbocycles. The van der Waals surface area contributed by atoms with Gasteiger partial charge in [-0.25, -0.2) is 0 Å². The number of hydrogen-bond acceptors (Lipinski definition) is 2. The average molecular weight is 308 g/mol. The Morgan fingerprint density at radius 2 is 2.00 bits per heavy atom. The van der Waals surface area contributed by atoms with Crippen molar-refractivity contribution in [2.24, 2.45) is 0 Å². The molecular weight excluding hydrogens is 286 g/mol. The normalized spacial score (nSPS) is 12.6. The van der Waals surface area contributed by atoms with Gasteiger partial charge in [0.1, 0.15) is 0 Å². The molecule has 0 saturated carbocycles. The molecule has 0 radical (unpaired) electrons. The second kappa shape index (κ2) is 7.82. The molecule has 20 heavy (non-hydrogen) atoms. The molecule has 1 atom stereocenters. The van der Waals surface area contributed by atoms with Crippen LogP contribution in [0.15, 0.2) is 36.4 Å². The molecule has 2 aromatic rings. The fourth-order valence-electron chi connectivity index (χ4n) is 2.49. The zero-order valence-corrected chi connectivity index (χ0v) is 13.7. The number of rotatable bonds is 7. The van der Waals surface area contributed by atoms with Gasteiger partial charge in [-0.15, -0.1) is 11.3 Å². The second-order valence-corrected chi connectivity index (χ2v) is 6.93. The molecule has 1 heterocycles. The van der Waals surface area contributed by atoms with Gasteiger partial charge in [0.05, 0.1) is 4.34 Å². The fraction of sp³-hybridized carbons (Fsp3) is 0.412. The summed E-state index contributed by atoms with van der Waals surface area (Å²) in [5, 5.41) is 3.59. The number of nitrogens with one attached hydrogen (secondary N) is 1. The van der Waals surface area contributed by atoms with E-state index in [1.165, 1.54) is 16.0 Å². The highest BCUT2D eigenvalue weighted by atomic mass is 35.5. The van der Waals surface area contributed by atoms with E-state index in [-0.39, 0.29) is 0 Å². The predicted molar refractivity (Wildman–Crippen MR) is 90.0 cm³/mol. The van der Waals surface area contributed by atoms with Crippen LogP contribution in [0.2, 0.25) is 4.34 Å². The molecule has 0 amide bonds. The Bertz CT molecular complexity index is 535. The maximum atomic E-state index is 6.01. The minimum atomic E-state index is 0.523. The van der Waals surface area contributed by atoms with Gasteiger partial charge in [-0.3, -0.25) is 0 Å². The van der Waals surface area contributed by atoms with Crippen molar-refractivity contribution in [2.45, 2.75) is 39.2 Å². The van der Waals surface area contributed by atoms with E-state index >= 15 is 0 Å².